The van der Waals surface area contributed by atoms with E-state index in [1.165, 1.54) is 22.7 Å². The lowest BCUT2D eigenvalue weighted by Gasteiger charge is -2.35. The zero-order valence-electron chi connectivity index (χ0n) is 12.3. The molecule has 0 spiro atoms. The van der Waals surface area contributed by atoms with E-state index in [2.05, 4.69) is 10.1 Å². The predicted octanol–water partition coefficient (Wildman–Crippen LogP) is 2.77. The normalized spacial score (nSPS) is 16.2. The van der Waals surface area contributed by atoms with E-state index in [-0.39, 0.29) is 23.9 Å². The van der Waals surface area contributed by atoms with Gasteiger partial charge in [-0.3, -0.25) is 0 Å². The minimum atomic E-state index is -3.56. The Hall–Kier alpha value is -2.16. The minimum absolute atomic E-state index is 0.129. The summed E-state index contributed by atoms with van der Waals surface area (Å²) in [6.45, 7) is 0.573. The summed E-state index contributed by atoms with van der Waals surface area (Å²) in [5.41, 5.74) is 0. The van der Waals surface area contributed by atoms with Gasteiger partial charge < -0.3 is 8.94 Å². The largest absolute Gasteiger partial charge is 0.461 e. The molecule has 1 saturated heterocycles. The number of rotatable bonds is 4. The molecule has 1 fully saturated rings. The van der Waals surface area contributed by atoms with Gasteiger partial charge in [-0.15, -0.1) is 0 Å². The zero-order chi connectivity index (χ0) is 16.7. The molecule has 24 heavy (non-hydrogen) atoms. The second kappa shape index (κ2) is 5.73. The van der Waals surface area contributed by atoms with Gasteiger partial charge >= 0.3 is 0 Å². The van der Waals surface area contributed by atoms with Crippen molar-refractivity contribution >= 4 is 21.6 Å². The second-order valence-corrected chi connectivity index (χ2v) is 7.78. The quantitative estimate of drug-likeness (QED) is 0.706. The lowest BCUT2D eigenvalue weighted by molar-refractivity contribution is 0.217. The molecular weight excluding hydrogens is 354 g/mol. The van der Waals surface area contributed by atoms with Crippen LogP contribution in [0.5, 0.6) is 0 Å². The first-order chi connectivity index (χ1) is 11.5. The van der Waals surface area contributed by atoms with E-state index < -0.39 is 10.0 Å². The van der Waals surface area contributed by atoms with Crippen LogP contribution in [0.1, 0.15) is 11.8 Å². The first-order valence-corrected chi connectivity index (χ1v) is 8.99. The van der Waals surface area contributed by atoms with E-state index in [4.69, 9.17) is 20.5 Å². The number of halogens is 1. The molecule has 0 aliphatic carbocycles. The van der Waals surface area contributed by atoms with E-state index >= 15 is 0 Å². The average Bonchev–Trinajstić information content (AvgIpc) is 3.16. The first-order valence-electron chi connectivity index (χ1n) is 7.17. The minimum Gasteiger partial charge on any atom is -0.461 e. The van der Waals surface area contributed by atoms with Gasteiger partial charge in [-0.25, -0.2) is 8.42 Å². The molecular formula is C15H12ClN3O4S. The highest BCUT2D eigenvalue weighted by atomic mass is 35.5. The summed E-state index contributed by atoms with van der Waals surface area (Å²) in [6, 6.07) is 9.66. The Balaban J connectivity index is 1.48. The number of nitrogens with zero attached hydrogens (tertiary/aromatic N) is 3. The smallest absolute Gasteiger partial charge is 0.243 e. The van der Waals surface area contributed by atoms with Gasteiger partial charge in [-0.2, -0.15) is 9.29 Å². The Bertz CT molecular complexity index is 962. The summed E-state index contributed by atoms with van der Waals surface area (Å²) in [5.74, 6) is 1.13. The van der Waals surface area contributed by atoms with Crippen molar-refractivity contribution in [3.05, 3.63) is 53.6 Å². The molecule has 124 valence electrons. The van der Waals surface area contributed by atoms with E-state index in [0.717, 1.165) is 0 Å². The van der Waals surface area contributed by atoms with Crippen LogP contribution in [-0.2, 0) is 10.0 Å². The molecule has 0 atom stereocenters. The van der Waals surface area contributed by atoms with Crippen molar-refractivity contribution in [1.82, 2.24) is 14.4 Å². The van der Waals surface area contributed by atoms with Crippen LogP contribution in [0.15, 0.2) is 56.5 Å². The second-order valence-electron chi connectivity index (χ2n) is 5.41. The Morgan fingerprint density at radius 3 is 2.75 bits per heavy atom. The van der Waals surface area contributed by atoms with E-state index in [9.17, 15) is 8.42 Å². The third-order valence-electron chi connectivity index (χ3n) is 3.81. The predicted molar refractivity (Wildman–Crippen MR) is 85.0 cm³/mol. The van der Waals surface area contributed by atoms with Crippen LogP contribution >= 0.6 is 11.6 Å². The van der Waals surface area contributed by atoms with Crippen LogP contribution in [0.25, 0.3) is 11.6 Å². The Labute approximate surface area is 142 Å². The Morgan fingerprint density at radius 1 is 1.21 bits per heavy atom. The van der Waals surface area contributed by atoms with Crippen molar-refractivity contribution < 1.29 is 17.4 Å². The topological polar surface area (TPSA) is 89.4 Å². The number of benzene rings is 1. The lowest BCUT2D eigenvalue weighted by Crippen LogP contribution is -2.48. The molecule has 0 unspecified atom stereocenters. The number of sulfonamides is 1. The molecule has 1 aliphatic rings. The summed E-state index contributed by atoms with van der Waals surface area (Å²) < 4.78 is 36.8. The monoisotopic (exact) mass is 365 g/mol. The summed E-state index contributed by atoms with van der Waals surface area (Å²) in [4.78, 5) is 4.44. The number of hydrogen-bond acceptors (Lipinski definition) is 6. The summed E-state index contributed by atoms with van der Waals surface area (Å²) in [6.07, 6.45) is 1.52. The van der Waals surface area contributed by atoms with Crippen LogP contribution in [-0.4, -0.2) is 36.0 Å². The molecule has 7 nitrogen and oxygen atoms in total. The maximum absolute atomic E-state index is 12.5. The van der Waals surface area contributed by atoms with Crippen molar-refractivity contribution in [2.45, 2.75) is 10.8 Å². The lowest BCUT2D eigenvalue weighted by atomic mass is 10.0. The molecule has 0 N–H and O–H groups in total. The molecule has 0 bridgehead atoms. The maximum Gasteiger partial charge on any atom is 0.243 e. The highest BCUT2D eigenvalue weighted by molar-refractivity contribution is 7.89. The van der Waals surface area contributed by atoms with E-state index in [1.54, 1.807) is 24.3 Å². The molecule has 0 saturated carbocycles. The van der Waals surface area contributed by atoms with Crippen LogP contribution in [0.4, 0.5) is 0 Å². The Morgan fingerprint density at radius 2 is 2.04 bits per heavy atom. The van der Waals surface area contributed by atoms with Crippen molar-refractivity contribution in [1.29, 1.82) is 0 Å². The van der Waals surface area contributed by atoms with Gasteiger partial charge in [-0.1, -0.05) is 22.8 Å². The zero-order valence-corrected chi connectivity index (χ0v) is 13.9. The van der Waals surface area contributed by atoms with Crippen molar-refractivity contribution in [2.75, 3.05) is 13.1 Å². The summed E-state index contributed by atoms with van der Waals surface area (Å²) in [7, 11) is -3.56. The number of aromatic nitrogens is 2. The summed E-state index contributed by atoms with van der Waals surface area (Å²) >= 11 is 5.87. The number of hydrogen-bond donors (Lipinski definition) is 0. The molecule has 9 heteroatoms. The van der Waals surface area contributed by atoms with Gasteiger partial charge in [0, 0.05) is 18.1 Å². The molecule has 0 amide bonds. The van der Waals surface area contributed by atoms with Crippen LogP contribution in [0.3, 0.4) is 0 Å². The molecule has 1 aliphatic heterocycles. The fraction of sp³-hybridized carbons (Fsp3) is 0.200. The van der Waals surface area contributed by atoms with Gasteiger partial charge in [0.25, 0.3) is 0 Å². The third kappa shape index (κ3) is 2.62. The van der Waals surface area contributed by atoms with Crippen molar-refractivity contribution in [2.24, 2.45) is 0 Å². The van der Waals surface area contributed by atoms with Crippen LogP contribution in [0.2, 0.25) is 5.02 Å². The van der Waals surface area contributed by atoms with E-state index in [0.29, 0.717) is 22.5 Å². The summed E-state index contributed by atoms with van der Waals surface area (Å²) in [5, 5.41) is 4.24. The maximum atomic E-state index is 12.5. The molecule has 3 heterocycles. The van der Waals surface area contributed by atoms with Gasteiger partial charge in [0.1, 0.15) is 0 Å². The van der Waals surface area contributed by atoms with Gasteiger partial charge in [-0.05, 0) is 30.3 Å². The average molecular weight is 366 g/mol. The first kappa shape index (κ1) is 15.4. The van der Waals surface area contributed by atoms with Gasteiger partial charge in [0.05, 0.1) is 17.1 Å². The van der Waals surface area contributed by atoms with Crippen LogP contribution in [0, 0.1) is 0 Å². The SMILES string of the molecule is O=S(=O)(c1cccc(Cl)c1)N1CC(c2nc(-c3ccco3)no2)C1. The molecule has 2 aromatic heterocycles. The molecule has 1 aromatic carbocycles. The highest BCUT2D eigenvalue weighted by Gasteiger charge is 2.40. The standard InChI is InChI=1S/C15H12ClN3O4S/c16-11-3-1-4-12(7-11)24(20,21)19-8-10(9-19)15-17-14(18-23-15)13-5-2-6-22-13/h1-7,10H,8-9H2. The third-order valence-corrected chi connectivity index (χ3v) is 5.88. The fourth-order valence-corrected chi connectivity index (χ4v) is 4.31. The van der Waals surface area contributed by atoms with Gasteiger partial charge in [0.15, 0.2) is 5.76 Å². The Kier molecular flexibility index (Phi) is 3.67. The van der Waals surface area contributed by atoms with Gasteiger partial charge in [0.2, 0.25) is 21.7 Å². The molecule has 0 radical (unpaired) electrons. The molecule has 3 aromatic rings. The highest BCUT2D eigenvalue weighted by Crippen LogP contribution is 2.32. The van der Waals surface area contributed by atoms with Crippen molar-refractivity contribution in [3.8, 4) is 11.6 Å². The van der Waals surface area contributed by atoms with Crippen molar-refractivity contribution in [3.63, 3.8) is 0 Å². The van der Waals surface area contributed by atoms with Crippen LogP contribution < -0.4 is 0 Å². The fourth-order valence-electron chi connectivity index (χ4n) is 2.47. The number of furan rings is 1. The molecule has 4 rings (SSSR count). The van der Waals surface area contributed by atoms with E-state index in [1.807, 2.05) is 0 Å².